The molecule has 0 saturated carbocycles. The Balaban J connectivity index is 1.81. The van der Waals surface area contributed by atoms with Gasteiger partial charge in [-0.25, -0.2) is 0 Å². The number of hydrogen-bond acceptors (Lipinski definition) is 5. The smallest absolute Gasteiger partial charge is 0.146 e. The second-order valence-electron chi connectivity index (χ2n) is 6.69. The molecular formula is C25H28N4O. The van der Waals surface area contributed by atoms with Crippen LogP contribution in [0.25, 0.3) is 5.57 Å². The maximum absolute atomic E-state index is 5.62. The van der Waals surface area contributed by atoms with E-state index < -0.39 is 0 Å². The second-order valence-corrected chi connectivity index (χ2v) is 6.69. The SMILES string of the molecule is C/C=C(/C=N\N(C)c1ccc(Nc2ccccc2)cc1OC)c1ccccc1NC. The van der Waals surface area contributed by atoms with Crippen LogP contribution in [0.1, 0.15) is 12.5 Å². The maximum Gasteiger partial charge on any atom is 0.146 e. The molecule has 0 aromatic heterocycles. The summed E-state index contributed by atoms with van der Waals surface area (Å²) in [5.41, 5.74) is 6.07. The summed E-state index contributed by atoms with van der Waals surface area (Å²) in [5, 5.41) is 13.1. The van der Waals surface area contributed by atoms with Crippen molar-refractivity contribution in [3.8, 4) is 5.75 Å². The summed E-state index contributed by atoms with van der Waals surface area (Å²) in [4.78, 5) is 0. The lowest BCUT2D eigenvalue weighted by Gasteiger charge is -2.18. The average Bonchev–Trinajstić information content (AvgIpc) is 2.80. The molecule has 3 rings (SSSR count). The lowest BCUT2D eigenvalue weighted by atomic mass is 10.0. The number of anilines is 4. The molecular weight excluding hydrogens is 372 g/mol. The molecule has 0 bridgehead atoms. The van der Waals surface area contributed by atoms with Crippen LogP contribution in [0.15, 0.2) is 84.0 Å². The number of benzene rings is 3. The molecule has 2 N–H and O–H groups in total. The summed E-state index contributed by atoms with van der Waals surface area (Å²) in [7, 11) is 5.50. The lowest BCUT2D eigenvalue weighted by molar-refractivity contribution is 0.415. The molecule has 0 unspecified atom stereocenters. The van der Waals surface area contributed by atoms with Crippen molar-refractivity contribution in [2.24, 2.45) is 5.10 Å². The van der Waals surface area contributed by atoms with Crippen LogP contribution in [0.3, 0.4) is 0 Å². The second kappa shape index (κ2) is 10.2. The van der Waals surface area contributed by atoms with Gasteiger partial charge in [-0.3, -0.25) is 5.01 Å². The van der Waals surface area contributed by atoms with E-state index in [9.17, 15) is 0 Å². The van der Waals surface area contributed by atoms with Gasteiger partial charge >= 0.3 is 0 Å². The van der Waals surface area contributed by atoms with Crippen LogP contribution >= 0.6 is 0 Å². The van der Waals surface area contributed by atoms with Crippen molar-refractivity contribution in [2.45, 2.75) is 6.92 Å². The van der Waals surface area contributed by atoms with Gasteiger partial charge in [0.1, 0.15) is 11.4 Å². The zero-order chi connectivity index (χ0) is 21.3. The Hall–Kier alpha value is -3.73. The van der Waals surface area contributed by atoms with Crippen LogP contribution in [-0.2, 0) is 0 Å². The number of ether oxygens (including phenoxy) is 1. The average molecular weight is 401 g/mol. The third-order valence-electron chi connectivity index (χ3n) is 4.78. The van der Waals surface area contributed by atoms with Crippen molar-refractivity contribution in [3.05, 3.63) is 84.4 Å². The minimum atomic E-state index is 0.744. The van der Waals surface area contributed by atoms with Crippen LogP contribution < -0.4 is 20.4 Å². The Labute approximate surface area is 178 Å². The van der Waals surface area contributed by atoms with Crippen molar-refractivity contribution in [1.29, 1.82) is 0 Å². The molecule has 30 heavy (non-hydrogen) atoms. The van der Waals surface area contributed by atoms with E-state index in [1.54, 1.807) is 7.11 Å². The molecule has 5 nitrogen and oxygen atoms in total. The van der Waals surface area contributed by atoms with Crippen molar-refractivity contribution < 1.29 is 4.74 Å². The Morgan fingerprint density at radius 1 is 0.967 bits per heavy atom. The zero-order valence-electron chi connectivity index (χ0n) is 17.9. The third-order valence-corrected chi connectivity index (χ3v) is 4.78. The summed E-state index contributed by atoms with van der Waals surface area (Å²) in [6.45, 7) is 2.01. The Bertz CT molecular complexity index is 1030. The van der Waals surface area contributed by atoms with Gasteiger partial charge in [0.05, 0.1) is 13.3 Å². The van der Waals surface area contributed by atoms with Crippen molar-refractivity contribution in [3.63, 3.8) is 0 Å². The monoisotopic (exact) mass is 400 g/mol. The lowest BCUT2D eigenvalue weighted by Crippen LogP contribution is -2.11. The topological polar surface area (TPSA) is 48.9 Å². The van der Waals surface area contributed by atoms with Crippen LogP contribution in [0.2, 0.25) is 0 Å². The molecule has 3 aromatic rings. The molecule has 0 spiro atoms. The van der Waals surface area contributed by atoms with Gasteiger partial charge in [-0.1, -0.05) is 42.5 Å². The highest BCUT2D eigenvalue weighted by Crippen LogP contribution is 2.32. The van der Waals surface area contributed by atoms with Crippen LogP contribution in [-0.4, -0.2) is 27.4 Å². The van der Waals surface area contributed by atoms with Gasteiger partial charge in [0, 0.05) is 42.8 Å². The number of allylic oxidation sites excluding steroid dienone is 2. The highest BCUT2D eigenvalue weighted by Gasteiger charge is 2.10. The van der Waals surface area contributed by atoms with Gasteiger partial charge < -0.3 is 15.4 Å². The first-order chi connectivity index (χ1) is 14.7. The molecule has 0 atom stereocenters. The molecule has 5 heteroatoms. The molecule has 0 amide bonds. The quantitative estimate of drug-likeness (QED) is 0.359. The summed E-state index contributed by atoms with van der Waals surface area (Å²) in [6, 6.07) is 24.2. The van der Waals surface area contributed by atoms with E-state index in [4.69, 9.17) is 4.74 Å². The van der Waals surface area contributed by atoms with Crippen molar-refractivity contribution in [2.75, 3.05) is 36.8 Å². The minimum absolute atomic E-state index is 0.744. The van der Waals surface area contributed by atoms with Gasteiger partial charge in [-0.05, 0) is 42.8 Å². The van der Waals surface area contributed by atoms with Gasteiger partial charge in [-0.15, -0.1) is 0 Å². The maximum atomic E-state index is 5.62. The van der Waals surface area contributed by atoms with E-state index in [0.29, 0.717) is 0 Å². The minimum Gasteiger partial charge on any atom is -0.494 e. The Morgan fingerprint density at radius 3 is 2.40 bits per heavy atom. The molecule has 0 aliphatic rings. The van der Waals surface area contributed by atoms with Crippen LogP contribution in [0, 0.1) is 0 Å². The zero-order valence-corrected chi connectivity index (χ0v) is 17.9. The summed E-state index contributed by atoms with van der Waals surface area (Å²) < 4.78 is 5.62. The molecule has 0 fully saturated rings. The fourth-order valence-corrected chi connectivity index (χ4v) is 3.17. The van der Waals surface area contributed by atoms with E-state index in [1.807, 2.05) is 92.9 Å². The predicted molar refractivity (Wildman–Crippen MR) is 129 cm³/mol. The van der Waals surface area contributed by atoms with E-state index in [0.717, 1.165) is 39.6 Å². The molecule has 0 aliphatic carbocycles. The molecule has 154 valence electrons. The first-order valence-corrected chi connectivity index (χ1v) is 9.87. The van der Waals surface area contributed by atoms with E-state index in [-0.39, 0.29) is 0 Å². The molecule has 3 aromatic carbocycles. The van der Waals surface area contributed by atoms with Gasteiger partial charge in [0.25, 0.3) is 0 Å². The number of hydrazone groups is 1. The van der Waals surface area contributed by atoms with Crippen LogP contribution in [0.5, 0.6) is 5.75 Å². The Morgan fingerprint density at radius 2 is 1.70 bits per heavy atom. The van der Waals surface area contributed by atoms with E-state index >= 15 is 0 Å². The fourth-order valence-electron chi connectivity index (χ4n) is 3.17. The normalized spacial score (nSPS) is 11.4. The van der Waals surface area contributed by atoms with Gasteiger partial charge in [0.2, 0.25) is 0 Å². The Kier molecular flexibility index (Phi) is 7.11. The number of nitrogens with zero attached hydrogens (tertiary/aromatic N) is 2. The molecule has 0 aliphatic heterocycles. The first-order valence-electron chi connectivity index (χ1n) is 9.87. The number of para-hydroxylation sites is 2. The first kappa shape index (κ1) is 21.0. The van der Waals surface area contributed by atoms with E-state index in [1.165, 1.54) is 0 Å². The summed E-state index contributed by atoms with van der Waals surface area (Å²) in [5.74, 6) is 0.744. The number of methoxy groups -OCH3 is 1. The molecule has 0 radical (unpaired) electrons. The van der Waals surface area contributed by atoms with Crippen molar-refractivity contribution >= 4 is 34.5 Å². The highest BCUT2D eigenvalue weighted by molar-refractivity contribution is 6.12. The number of rotatable bonds is 8. The fraction of sp³-hybridized carbons (Fsp3) is 0.160. The van der Waals surface area contributed by atoms with Gasteiger partial charge in [0.15, 0.2) is 0 Å². The molecule has 0 saturated heterocycles. The summed E-state index contributed by atoms with van der Waals surface area (Å²) >= 11 is 0. The van der Waals surface area contributed by atoms with Crippen LogP contribution in [0.4, 0.5) is 22.7 Å². The largest absolute Gasteiger partial charge is 0.494 e. The predicted octanol–water partition coefficient (Wildman–Crippen LogP) is 6.01. The van der Waals surface area contributed by atoms with Gasteiger partial charge in [-0.2, -0.15) is 5.10 Å². The highest BCUT2D eigenvalue weighted by atomic mass is 16.5. The number of hydrogen-bond donors (Lipinski definition) is 2. The third kappa shape index (κ3) is 5.00. The standard InChI is InChI=1S/C25H28N4O/c1-5-19(22-13-9-10-14-23(22)26-2)18-27-29(3)24-16-15-21(17-25(24)30-4)28-20-11-7-6-8-12-20/h5-18,26,28H,1-4H3/b19-5-,27-18-. The molecule has 0 heterocycles. The van der Waals surface area contributed by atoms with Crippen molar-refractivity contribution in [1.82, 2.24) is 0 Å². The summed E-state index contributed by atoms with van der Waals surface area (Å²) in [6.07, 6.45) is 3.92. The van der Waals surface area contributed by atoms with E-state index in [2.05, 4.69) is 33.9 Å². The number of nitrogens with one attached hydrogen (secondary N) is 2.